The number of carbonyl (C=O) groups is 2. The maximum Gasteiger partial charge on any atom is 0.221 e. The van der Waals surface area contributed by atoms with E-state index in [1.54, 1.807) is 24.3 Å². The topological polar surface area (TPSA) is 69.2 Å². The third-order valence-corrected chi connectivity index (χ3v) is 4.65. The van der Waals surface area contributed by atoms with Crippen LogP contribution in [0.3, 0.4) is 0 Å². The number of hydrogen-bond acceptors (Lipinski definition) is 3. The molecule has 0 fully saturated rings. The van der Waals surface area contributed by atoms with E-state index < -0.39 is 11.4 Å². The average molecular weight is 338 g/mol. The molecule has 1 N–H and O–H groups in total. The lowest BCUT2D eigenvalue weighted by Crippen LogP contribution is -2.47. The maximum absolute atomic E-state index is 12.5. The zero-order valence-corrected chi connectivity index (χ0v) is 15.1. The Morgan fingerprint density at radius 3 is 2.36 bits per heavy atom. The van der Waals surface area contributed by atoms with Crippen molar-refractivity contribution in [2.24, 2.45) is 0 Å². The van der Waals surface area contributed by atoms with Gasteiger partial charge in [-0.2, -0.15) is 0 Å². The highest BCUT2D eigenvalue weighted by Crippen LogP contribution is 2.28. The van der Waals surface area contributed by atoms with Crippen molar-refractivity contribution in [3.8, 4) is 0 Å². The van der Waals surface area contributed by atoms with Gasteiger partial charge in [0.15, 0.2) is 0 Å². The van der Waals surface area contributed by atoms with Crippen LogP contribution in [0.5, 0.6) is 0 Å². The van der Waals surface area contributed by atoms with Gasteiger partial charge < -0.3 is 15.2 Å². The lowest BCUT2D eigenvalue weighted by molar-refractivity contribution is -0.313. The lowest BCUT2D eigenvalue weighted by Gasteiger charge is -2.31. The molecule has 0 spiro atoms. The molecule has 0 unspecified atom stereocenters. The molecule has 0 radical (unpaired) electrons. The number of nitrogens with one attached hydrogen (secondary N) is 1. The Kier molecular flexibility index (Phi) is 5.62. The second kappa shape index (κ2) is 7.51. The third kappa shape index (κ3) is 4.27. The Morgan fingerprint density at radius 2 is 1.76 bits per heavy atom. The van der Waals surface area contributed by atoms with E-state index in [1.165, 1.54) is 6.92 Å². The van der Waals surface area contributed by atoms with Crippen molar-refractivity contribution < 1.29 is 14.7 Å². The van der Waals surface area contributed by atoms with Crippen molar-refractivity contribution >= 4 is 11.9 Å². The molecule has 2 atom stereocenters. The monoisotopic (exact) mass is 338 g/mol. The molecular weight excluding hydrogens is 314 g/mol. The van der Waals surface area contributed by atoms with Crippen molar-refractivity contribution in [1.29, 1.82) is 0 Å². The van der Waals surface area contributed by atoms with Gasteiger partial charge in [-0.05, 0) is 44.4 Å². The van der Waals surface area contributed by atoms with Gasteiger partial charge in [0.1, 0.15) is 0 Å². The molecule has 0 bridgehead atoms. The number of aliphatic carboxylic acids is 1. The number of carbonyl (C=O) groups excluding carboxylic acids is 2. The second-order valence-corrected chi connectivity index (χ2v) is 6.81. The van der Waals surface area contributed by atoms with Gasteiger partial charge in [0.2, 0.25) is 5.91 Å². The van der Waals surface area contributed by atoms with Crippen LogP contribution in [0.25, 0.3) is 0 Å². The van der Waals surface area contributed by atoms with Crippen LogP contribution >= 0.6 is 0 Å². The molecule has 132 valence electrons. The summed E-state index contributed by atoms with van der Waals surface area (Å²) in [5, 5.41) is 14.6. The van der Waals surface area contributed by atoms with Crippen molar-refractivity contribution in [2.75, 3.05) is 0 Å². The molecule has 2 aromatic rings. The van der Waals surface area contributed by atoms with Crippen LogP contribution in [0.2, 0.25) is 0 Å². The van der Waals surface area contributed by atoms with Crippen LogP contribution in [-0.4, -0.2) is 11.9 Å². The molecule has 4 nitrogen and oxygen atoms in total. The van der Waals surface area contributed by atoms with E-state index in [-0.39, 0.29) is 18.4 Å². The third-order valence-electron chi connectivity index (χ3n) is 4.65. The molecule has 0 aliphatic heterocycles. The standard InChI is InChI=1S/C21H25NO3/c1-14-10-11-15(2)18(12-14)16(3)22-19(23)13-21(4,20(24)25)17-8-6-5-7-9-17/h5-12,16H,13H2,1-4H3,(H,22,23)(H,24,25)/p-1/t16-,21-/m1/s1. The first-order valence-electron chi connectivity index (χ1n) is 8.37. The van der Waals surface area contributed by atoms with Crippen molar-refractivity contribution in [2.45, 2.75) is 45.6 Å². The first-order valence-corrected chi connectivity index (χ1v) is 8.37. The summed E-state index contributed by atoms with van der Waals surface area (Å²) in [6.07, 6.45) is -0.172. The molecular formula is C21H24NO3-. The van der Waals surface area contributed by atoms with Crippen LogP contribution < -0.4 is 10.4 Å². The minimum atomic E-state index is -1.37. The van der Waals surface area contributed by atoms with E-state index in [9.17, 15) is 14.7 Å². The van der Waals surface area contributed by atoms with Gasteiger partial charge in [-0.1, -0.05) is 54.1 Å². The summed E-state index contributed by atoms with van der Waals surface area (Å²) >= 11 is 0. The molecule has 0 aliphatic carbocycles. The van der Waals surface area contributed by atoms with Gasteiger partial charge in [-0.25, -0.2) is 0 Å². The molecule has 1 amide bonds. The van der Waals surface area contributed by atoms with E-state index in [0.29, 0.717) is 5.56 Å². The Labute approximate surface area is 148 Å². The number of benzene rings is 2. The van der Waals surface area contributed by atoms with E-state index in [4.69, 9.17) is 0 Å². The normalized spacial score (nSPS) is 14.4. The molecule has 0 saturated heterocycles. The van der Waals surface area contributed by atoms with Crippen LogP contribution in [-0.2, 0) is 15.0 Å². The molecule has 2 rings (SSSR count). The fourth-order valence-corrected chi connectivity index (χ4v) is 3.02. The van der Waals surface area contributed by atoms with Crippen LogP contribution in [0.4, 0.5) is 0 Å². The van der Waals surface area contributed by atoms with Gasteiger partial charge in [-0.15, -0.1) is 0 Å². The second-order valence-electron chi connectivity index (χ2n) is 6.81. The zero-order chi connectivity index (χ0) is 18.6. The first-order chi connectivity index (χ1) is 11.7. The molecule has 25 heavy (non-hydrogen) atoms. The Bertz CT molecular complexity index is 770. The fraction of sp³-hybridized carbons (Fsp3) is 0.333. The smallest absolute Gasteiger partial charge is 0.221 e. The number of amides is 1. The summed E-state index contributed by atoms with van der Waals surface area (Å²) in [5.41, 5.74) is 2.43. The largest absolute Gasteiger partial charge is 0.549 e. The summed E-state index contributed by atoms with van der Waals surface area (Å²) in [7, 11) is 0. The minimum absolute atomic E-state index is 0.172. The Morgan fingerprint density at radius 1 is 1.12 bits per heavy atom. The van der Waals surface area contributed by atoms with E-state index in [0.717, 1.165) is 16.7 Å². The molecule has 0 aliphatic rings. The van der Waals surface area contributed by atoms with Crippen LogP contribution in [0, 0.1) is 13.8 Å². The average Bonchev–Trinajstić information content (AvgIpc) is 2.57. The van der Waals surface area contributed by atoms with Gasteiger partial charge >= 0.3 is 0 Å². The van der Waals surface area contributed by atoms with Crippen molar-refractivity contribution in [3.05, 3.63) is 70.8 Å². The molecule has 2 aromatic carbocycles. The summed E-state index contributed by atoms with van der Waals surface area (Å²) in [6.45, 7) is 7.42. The van der Waals surface area contributed by atoms with E-state index in [1.807, 2.05) is 45.0 Å². The molecule has 0 saturated carbocycles. The highest BCUT2D eigenvalue weighted by Gasteiger charge is 2.31. The summed E-state index contributed by atoms with van der Waals surface area (Å²) in [4.78, 5) is 24.2. The van der Waals surface area contributed by atoms with Gasteiger partial charge in [-0.3, -0.25) is 4.79 Å². The highest BCUT2D eigenvalue weighted by atomic mass is 16.4. The number of carboxylic acids is 1. The number of carboxylic acid groups (broad SMARTS) is 1. The minimum Gasteiger partial charge on any atom is -0.549 e. The summed E-state index contributed by atoms with van der Waals surface area (Å²) in [6, 6.07) is 14.6. The fourth-order valence-electron chi connectivity index (χ4n) is 3.02. The summed E-state index contributed by atoms with van der Waals surface area (Å²) in [5.74, 6) is -1.57. The van der Waals surface area contributed by atoms with Crippen LogP contribution in [0.15, 0.2) is 48.5 Å². The van der Waals surface area contributed by atoms with Gasteiger partial charge in [0.25, 0.3) is 0 Å². The SMILES string of the molecule is Cc1ccc(C)c([C@@H](C)NC(=O)C[C@@](C)(C(=O)[O-])c2ccccc2)c1. The number of rotatable bonds is 6. The molecule has 4 heteroatoms. The summed E-state index contributed by atoms with van der Waals surface area (Å²) < 4.78 is 0. The number of aryl methyl sites for hydroxylation is 2. The predicted molar refractivity (Wildman–Crippen MR) is 95.9 cm³/mol. The Hall–Kier alpha value is -2.62. The highest BCUT2D eigenvalue weighted by molar-refractivity contribution is 5.88. The van der Waals surface area contributed by atoms with Crippen molar-refractivity contribution in [1.82, 2.24) is 5.32 Å². The maximum atomic E-state index is 12.5. The van der Waals surface area contributed by atoms with Crippen LogP contribution in [0.1, 0.15) is 48.6 Å². The lowest BCUT2D eigenvalue weighted by atomic mass is 9.79. The zero-order valence-electron chi connectivity index (χ0n) is 15.1. The number of hydrogen-bond donors (Lipinski definition) is 1. The predicted octanol–water partition coefficient (Wildman–Crippen LogP) is 2.58. The molecule has 0 heterocycles. The molecule has 0 aromatic heterocycles. The van der Waals surface area contributed by atoms with Gasteiger partial charge in [0, 0.05) is 11.8 Å². The van der Waals surface area contributed by atoms with E-state index in [2.05, 4.69) is 5.32 Å². The van der Waals surface area contributed by atoms with Gasteiger partial charge in [0.05, 0.1) is 12.0 Å². The Balaban J connectivity index is 2.17. The van der Waals surface area contributed by atoms with E-state index >= 15 is 0 Å². The van der Waals surface area contributed by atoms with Crippen molar-refractivity contribution in [3.63, 3.8) is 0 Å². The first kappa shape index (κ1) is 18.7. The quantitative estimate of drug-likeness (QED) is 0.880.